The second-order valence-electron chi connectivity index (χ2n) is 9.94. The summed E-state index contributed by atoms with van der Waals surface area (Å²) in [7, 11) is 0. The van der Waals surface area contributed by atoms with E-state index in [0.29, 0.717) is 43.2 Å². The number of fused-ring (bicyclic) bond motifs is 1. The molecular formula is C30H35ClN2O4. The molecule has 1 saturated carbocycles. The van der Waals surface area contributed by atoms with Crippen LogP contribution in [0, 0.1) is 19.8 Å². The zero-order valence-corrected chi connectivity index (χ0v) is 22.4. The van der Waals surface area contributed by atoms with Crippen LogP contribution in [0.2, 0.25) is 5.02 Å². The minimum atomic E-state index is -0.143. The Hall–Kier alpha value is -2.96. The van der Waals surface area contributed by atoms with E-state index in [-0.39, 0.29) is 29.9 Å². The summed E-state index contributed by atoms with van der Waals surface area (Å²) in [5.74, 6) is 0.267. The Morgan fingerprint density at radius 3 is 2.49 bits per heavy atom. The van der Waals surface area contributed by atoms with Gasteiger partial charge in [-0.1, -0.05) is 36.1 Å². The predicted molar refractivity (Wildman–Crippen MR) is 146 cm³/mol. The molecule has 0 unspecified atom stereocenters. The predicted octanol–water partition coefficient (Wildman–Crippen LogP) is 5.81. The van der Waals surface area contributed by atoms with Crippen LogP contribution in [-0.4, -0.2) is 41.9 Å². The highest BCUT2D eigenvalue weighted by atomic mass is 35.5. The number of nitrogens with zero attached hydrogens (tertiary/aromatic N) is 1. The highest BCUT2D eigenvalue weighted by molar-refractivity contribution is 6.30. The maximum Gasteiger partial charge on any atom is 0.262 e. The van der Waals surface area contributed by atoms with E-state index in [9.17, 15) is 14.4 Å². The number of hydrogen-bond donors (Lipinski definition) is 1. The molecule has 1 heterocycles. The van der Waals surface area contributed by atoms with Crippen LogP contribution in [0.15, 0.2) is 42.5 Å². The molecule has 0 aliphatic heterocycles. The topological polar surface area (TPSA) is 77.4 Å². The number of halogens is 1. The van der Waals surface area contributed by atoms with E-state index in [1.165, 1.54) is 0 Å². The van der Waals surface area contributed by atoms with E-state index in [0.717, 1.165) is 53.4 Å². The molecule has 1 aliphatic rings. The zero-order chi connectivity index (χ0) is 26.4. The number of ether oxygens (including phenoxy) is 1. The molecule has 1 amide bonds. The van der Waals surface area contributed by atoms with Gasteiger partial charge in [-0.3, -0.25) is 19.0 Å². The van der Waals surface area contributed by atoms with Crippen molar-refractivity contribution in [3.63, 3.8) is 0 Å². The Labute approximate surface area is 223 Å². The maximum atomic E-state index is 13.4. The number of carbonyl (C=O) groups excluding carboxylic acids is 3. The first kappa shape index (κ1) is 27.1. The Bertz CT molecular complexity index is 1270. The number of amides is 1. The number of rotatable bonds is 11. The molecule has 0 spiro atoms. The van der Waals surface area contributed by atoms with E-state index < -0.39 is 0 Å². The molecule has 7 heteroatoms. The van der Waals surface area contributed by atoms with Crippen LogP contribution in [-0.2, 0) is 20.7 Å². The monoisotopic (exact) mass is 522 g/mol. The van der Waals surface area contributed by atoms with Gasteiger partial charge in [-0.05, 0) is 75.1 Å². The fraction of sp³-hybridized carbons (Fsp3) is 0.433. The second-order valence-corrected chi connectivity index (χ2v) is 10.4. The van der Waals surface area contributed by atoms with Gasteiger partial charge in [0.2, 0.25) is 5.91 Å². The van der Waals surface area contributed by atoms with Gasteiger partial charge in [0, 0.05) is 53.6 Å². The number of hydrogen-bond acceptors (Lipinski definition) is 4. The number of ketones is 1. The molecule has 37 heavy (non-hydrogen) atoms. The van der Waals surface area contributed by atoms with Crippen molar-refractivity contribution in [2.75, 3.05) is 19.8 Å². The molecule has 1 aliphatic carbocycles. The van der Waals surface area contributed by atoms with Crippen molar-refractivity contribution < 1.29 is 19.1 Å². The van der Waals surface area contributed by atoms with Crippen molar-refractivity contribution in [3.05, 3.63) is 69.9 Å². The lowest BCUT2D eigenvalue weighted by atomic mass is 10.0. The molecule has 196 valence electrons. The smallest absolute Gasteiger partial charge is 0.262 e. The van der Waals surface area contributed by atoms with Gasteiger partial charge in [0.1, 0.15) is 5.78 Å². The molecule has 2 aromatic carbocycles. The van der Waals surface area contributed by atoms with E-state index in [4.69, 9.17) is 16.3 Å². The second kappa shape index (κ2) is 12.5. The summed E-state index contributed by atoms with van der Waals surface area (Å²) in [6.07, 6.45) is 5.54. The summed E-state index contributed by atoms with van der Waals surface area (Å²) in [6.45, 7) is 5.33. The van der Waals surface area contributed by atoms with Crippen LogP contribution in [0.25, 0.3) is 10.9 Å². The lowest BCUT2D eigenvalue weighted by Crippen LogP contribution is -2.32. The Morgan fingerprint density at radius 1 is 1.03 bits per heavy atom. The number of aromatic nitrogens is 1. The van der Waals surface area contributed by atoms with Crippen molar-refractivity contribution in [1.29, 1.82) is 0 Å². The normalized spacial score (nSPS) is 13.8. The molecule has 0 atom stereocenters. The molecule has 1 aromatic heterocycles. The molecular weight excluding hydrogens is 488 g/mol. The van der Waals surface area contributed by atoms with Crippen LogP contribution >= 0.6 is 11.6 Å². The standard InChI is InChI=1S/C30H35ClN2O4/c1-20-9-14-28-27(18-20)26(21(2)33(28)30(36)23-10-12-24(31)13-11-23)19-25(34)8-5-16-37-17-15-32-29(35)22-6-3-4-7-22/h9-14,18,22H,3-8,15-17,19H2,1-2H3,(H,32,35). The first-order valence-electron chi connectivity index (χ1n) is 13.1. The van der Waals surface area contributed by atoms with Crippen molar-refractivity contribution in [2.24, 2.45) is 5.92 Å². The summed E-state index contributed by atoms with van der Waals surface area (Å²) >= 11 is 6.00. The van der Waals surface area contributed by atoms with Gasteiger partial charge >= 0.3 is 0 Å². The maximum absolute atomic E-state index is 13.4. The number of aryl methyl sites for hydroxylation is 1. The SMILES string of the molecule is Cc1ccc2c(c1)c(CC(=O)CCCOCCNC(=O)C1CCCC1)c(C)n2C(=O)c1ccc(Cl)cc1. The molecule has 1 N–H and O–H groups in total. The van der Waals surface area contributed by atoms with Crippen LogP contribution < -0.4 is 5.32 Å². The first-order chi connectivity index (χ1) is 17.8. The van der Waals surface area contributed by atoms with Gasteiger partial charge in [-0.15, -0.1) is 0 Å². The lowest BCUT2D eigenvalue weighted by molar-refractivity contribution is -0.125. The number of benzene rings is 2. The third-order valence-electron chi connectivity index (χ3n) is 7.17. The molecule has 1 fully saturated rings. The van der Waals surface area contributed by atoms with E-state index in [1.807, 2.05) is 32.0 Å². The average Bonchev–Trinajstić information content (AvgIpc) is 3.51. The van der Waals surface area contributed by atoms with Gasteiger partial charge in [-0.25, -0.2) is 0 Å². The van der Waals surface area contributed by atoms with Crippen LogP contribution in [0.1, 0.15) is 65.7 Å². The van der Waals surface area contributed by atoms with Crippen LogP contribution in [0.5, 0.6) is 0 Å². The number of carbonyl (C=O) groups is 3. The minimum absolute atomic E-state index is 0.112. The van der Waals surface area contributed by atoms with E-state index in [2.05, 4.69) is 5.32 Å². The Balaban J connectivity index is 1.33. The molecule has 0 saturated heterocycles. The van der Waals surface area contributed by atoms with E-state index in [1.54, 1.807) is 28.8 Å². The molecule has 0 radical (unpaired) electrons. The molecule has 4 rings (SSSR count). The first-order valence-corrected chi connectivity index (χ1v) is 13.5. The summed E-state index contributed by atoms with van der Waals surface area (Å²) in [6, 6.07) is 12.8. The largest absolute Gasteiger partial charge is 0.380 e. The Morgan fingerprint density at radius 2 is 1.76 bits per heavy atom. The zero-order valence-electron chi connectivity index (χ0n) is 21.6. The highest BCUT2D eigenvalue weighted by Gasteiger charge is 2.23. The number of nitrogens with one attached hydrogen (secondary N) is 1. The van der Waals surface area contributed by atoms with Crippen molar-refractivity contribution in [3.8, 4) is 0 Å². The Kier molecular flexibility index (Phi) is 9.17. The summed E-state index contributed by atoms with van der Waals surface area (Å²) < 4.78 is 7.32. The van der Waals surface area contributed by atoms with Gasteiger partial charge in [0.15, 0.2) is 0 Å². The third-order valence-corrected chi connectivity index (χ3v) is 7.43. The van der Waals surface area contributed by atoms with Gasteiger partial charge in [-0.2, -0.15) is 0 Å². The van der Waals surface area contributed by atoms with Gasteiger partial charge < -0.3 is 10.1 Å². The molecule has 0 bridgehead atoms. The van der Waals surface area contributed by atoms with Crippen LogP contribution in [0.3, 0.4) is 0 Å². The highest BCUT2D eigenvalue weighted by Crippen LogP contribution is 2.29. The summed E-state index contributed by atoms with van der Waals surface area (Å²) in [5.41, 5.74) is 4.09. The fourth-order valence-corrected chi connectivity index (χ4v) is 5.27. The van der Waals surface area contributed by atoms with Gasteiger partial charge in [0.25, 0.3) is 5.91 Å². The minimum Gasteiger partial charge on any atom is -0.380 e. The van der Waals surface area contributed by atoms with Crippen molar-refractivity contribution in [2.45, 2.75) is 58.8 Å². The lowest BCUT2D eigenvalue weighted by Gasteiger charge is -2.10. The fourth-order valence-electron chi connectivity index (χ4n) is 5.14. The summed E-state index contributed by atoms with van der Waals surface area (Å²) in [5, 5.41) is 4.45. The summed E-state index contributed by atoms with van der Waals surface area (Å²) in [4.78, 5) is 38.3. The van der Waals surface area contributed by atoms with E-state index >= 15 is 0 Å². The molecule has 6 nitrogen and oxygen atoms in total. The molecule has 3 aromatic rings. The van der Waals surface area contributed by atoms with Crippen LogP contribution in [0.4, 0.5) is 0 Å². The van der Waals surface area contributed by atoms with Crippen molar-refractivity contribution in [1.82, 2.24) is 9.88 Å². The average molecular weight is 523 g/mol. The quantitative estimate of drug-likeness (QED) is 0.322. The number of Topliss-reactive ketones (excluding diaryl/α,β-unsaturated/α-hetero) is 1. The van der Waals surface area contributed by atoms with Gasteiger partial charge in [0.05, 0.1) is 12.1 Å². The third kappa shape index (κ3) is 6.68. The van der Waals surface area contributed by atoms with Crippen molar-refractivity contribution >= 4 is 40.1 Å².